The first-order valence-electron chi connectivity index (χ1n) is 8.23. The summed E-state index contributed by atoms with van der Waals surface area (Å²) >= 11 is 7.58. The Hall–Kier alpha value is -1.67. The summed E-state index contributed by atoms with van der Waals surface area (Å²) in [5.74, 6) is -0.0342. The van der Waals surface area contributed by atoms with Crippen molar-refractivity contribution in [2.75, 3.05) is 25.4 Å². The number of nitrogens with one attached hydrogen (secondary N) is 1. The molecule has 1 aromatic heterocycles. The zero-order valence-corrected chi connectivity index (χ0v) is 16.4. The second-order valence-electron chi connectivity index (χ2n) is 5.91. The van der Waals surface area contributed by atoms with Crippen molar-refractivity contribution in [3.8, 4) is 10.4 Å². The molecule has 1 fully saturated rings. The summed E-state index contributed by atoms with van der Waals surface area (Å²) in [4.78, 5) is 13.9. The van der Waals surface area contributed by atoms with E-state index in [9.17, 15) is 13.2 Å². The molecule has 1 amide bonds. The van der Waals surface area contributed by atoms with E-state index < -0.39 is 10.0 Å². The average molecular weight is 411 g/mol. The van der Waals surface area contributed by atoms with Gasteiger partial charge in [-0.25, -0.2) is 12.7 Å². The molecular formula is C18H19ClN2O3S2. The zero-order chi connectivity index (χ0) is 18.6. The van der Waals surface area contributed by atoms with Gasteiger partial charge in [0.15, 0.2) is 0 Å². The topological polar surface area (TPSA) is 66.5 Å². The second-order valence-corrected chi connectivity index (χ2v) is 9.55. The molecule has 8 heteroatoms. The zero-order valence-electron chi connectivity index (χ0n) is 14.0. The van der Waals surface area contributed by atoms with E-state index in [1.165, 1.54) is 10.4 Å². The van der Waals surface area contributed by atoms with Crippen LogP contribution < -0.4 is 5.32 Å². The predicted octanol–water partition coefficient (Wildman–Crippen LogP) is 3.23. The fourth-order valence-corrected chi connectivity index (χ4v) is 5.33. The highest BCUT2D eigenvalue weighted by molar-refractivity contribution is 7.89. The van der Waals surface area contributed by atoms with Gasteiger partial charge in [-0.3, -0.25) is 4.79 Å². The highest BCUT2D eigenvalue weighted by atomic mass is 35.5. The summed E-state index contributed by atoms with van der Waals surface area (Å²) in [6.45, 7) is 1.16. The standard InChI is InChI=1S/C18H19ClN2O3S2/c19-15-4-1-3-14(13-15)17-7-5-16(25-17)6-8-18(22)20-9-11-21-10-2-12-26(21,23)24/h1,3-8,13H,2,9-12H2,(H,20,22). The Bertz CT molecular complexity index is 922. The van der Waals surface area contributed by atoms with E-state index in [1.807, 2.05) is 36.4 Å². The molecule has 1 aliphatic rings. The van der Waals surface area contributed by atoms with Gasteiger partial charge in [0.25, 0.3) is 0 Å². The van der Waals surface area contributed by atoms with Gasteiger partial charge in [-0.2, -0.15) is 0 Å². The summed E-state index contributed by atoms with van der Waals surface area (Å²) in [7, 11) is -3.11. The number of benzene rings is 1. The molecule has 0 saturated carbocycles. The normalized spacial score (nSPS) is 17.0. The molecule has 0 bridgehead atoms. The minimum atomic E-state index is -3.11. The van der Waals surface area contributed by atoms with Crippen LogP contribution in [-0.2, 0) is 14.8 Å². The lowest BCUT2D eigenvalue weighted by atomic mass is 10.2. The van der Waals surface area contributed by atoms with Crippen LogP contribution in [0.2, 0.25) is 5.02 Å². The Morgan fingerprint density at radius 3 is 2.88 bits per heavy atom. The predicted molar refractivity (Wildman–Crippen MR) is 107 cm³/mol. The van der Waals surface area contributed by atoms with E-state index in [-0.39, 0.29) is 11.7 Å². The smallest absolute Gasteiger partial charge is 0.244 e. The maximum absolute atomic E-state index is 11.9. The number of carbonyl (C=O) groups is 1. The number of thiophene rings is 1. The van der Waals surface area contributed by atoms with Gasteiger partial charge in [0.1, 0.15) is 0 Å². The van der Waals surface area contributed by atoms with Crippen LogP contribution in [0, 0.1) is 0 Å². The average Bonchev–Trinajstić information content (AvgIpc) is 3.20. The lowest BCUT2D eigenvalue weighted by Gasteiger charge is -2.13. The quantitative estimate of drug-likeness (QED) is 0.743. The maximum Gasteiger partial charge on any atom is 0.244 e. The van der Waals surface area contributed by atoms with Crippen LogP contribution >= 0.6 is 22.9 Å². The summed E-state index contributed by atoms with van der Waals surface area (Å²) in [5, 5.41) is 3.41. The van der Waals surface area contributed by atoms with Gasteiger partial charge >= 0.3 is 0 Å². The number of nitrogens with zero attached hydrogens (tertiary/aromatic N) is 1. The summed E-state index contributed by atoms with van der Waals surface area (Å²) < 4.78 is 24.8. The van der Waals surface area contributed by atoms with Gasteiger partial charge < -0.3 is 5.32 Å². The number of hydrogen-bond acceptors (Lipinski definition) is 4. The molecule has 0 spiro atoms. The van der Waals surface area contributed by atoms with Gasteiger partial charge in [0, 0.05) is 40.5 Å². The molecule has 0 aliphatic carbocycles. The second kappa shape index (κ2) is 8.35. The minimum Gasteiger partial charge on any atom is -0.351 e. The fraction of sp³-hybridized carbons (Fsp3) is 0.278. The third-order valence-electron chi connectivity index (χ3n) is 4.00. The van der Waals surface area contributed by atoms with E-state index >= 15 is 0 Å². The number of hydrogen-bond donors (Lipinski definition) is 1. The molecule has 3 rings (SSSR count). The van der Waals surface area contributed by atoms with Crippen LogP contribution in [-0.4, -0.2) is 44.0 Å². The fourth-order valence-electron chi connectivity index (χ4n) is 2.70. The third kappa shape index (κ3) is 4.94. The van der Waals surface area contributed by atoms with Gasteiger partial charge in [-0.1, -0.05) is 23.7 Å². The van der Waals surface area contributed by atoms with E-state index in [1.54, 1.807) is 17.4 Å². The molecule has 2 aromatic rings. The van der Waals surface area contributed by atoms with Crippen LogP contribution in [0.5, 0.6) is 0 Å². The summed E-state index contributed by atoms with van der Waals surface area (Å²) in [5.41, 5.74) is 1.04. The first-order chi connectivity index (χ1) is 12.4. The van der Waals surface area contributed by atoms with Crippen molar-refractivity contribution in [1.29, 1.82) is 0 Å². The minimum absolute atomic E-state index is 0.203. The van der Waals surface area contributed by atoms with Crippen molar-refractivity contribution in [1.82, 2.24) is 9.62 Å². The Labute approximate surface area is 162 Å². The van der Waals surface area contributed by atoms with E-state index in [0.717, 1.165) is 15.3 Å². The molecule has 2 heterocycles. The lowest BCUT2D eigenvalue weighted by molar-refractivity contribution is -0.116. The van der Waals surface area contributed by atoms with Crippen molar-refractivity contribution in [2.24, 2.45) is 0 Å². The molecule has 26 heavy (non-hydrogen) atoms. The lowest BCUT2D eigenvalue weighted by Crippen LogP contribution is -2.35. The van der Waals surface area contributed by atoms with Crippen molar-refractivity contribution in [3.63, 3.8) is 0 Å². The number of rotatable bonds is 6. The number of carbonyl (C=O) groups excluding carboxylic acids is 1. The first kappa shape index (κ1) is 19.1. The molecule has 1 N–H and O–H groups in total. The Kier molecular flexibility index (Phi) is 6.13. The highest BCUT2D eigenvalue weighted by Crippen LogP contribution is 2.30. The van der Waals surface area contributed by atoms with Crippen LogP contribution in [0.25, 0.3) is 16.5 Å². The van der Waals surface area contributed by atoms with E-state index in [4.69, 9.17) is 11.6 Å². The molecular weight excluding hydrogens is 392 g/mol. The Morgan fingerprint density at radius 2 is 2.15 bits per heavy atom. The number of sulfonamides is 1. The first-order valence-corrected chi connectivity index (χ1v) is 11.0. The molecule has 1 aliphatic heterocycles. The highest BCUT2D eigenvalue weighted by Gasteiger charge is 2.27. The van der Waals surface area contributed by atoms with E-state index in [0.29, 0.717) is 31.1 Å². The Balaban J connectivity index is 1.51. The van der Waals surface area contributed by atoms with E-state index in [2.05, 4.69) is 5.32 Å². The monoisotopic (exact) mass is 410 g/mol. The number of halogens is 1. The van der Waals surface area contributed by atoms with Gasteiger partial charge in [-0.05, 0) is 42.3 Å². The molecule has 1 aromatic carbocycles. The molecule has 1 saturated heterocycles. The van der Waals surface area contributed by atoms with Gasteiger partial charge in [0.2, 0.25) is 15.9 Å². The van der Waals surface area contributed by atoms with Crippen LogP contribution in [0.3, 0.4) is 0 Å². The molecule has 0 radical (unpaired) electrons. The largest absolute Gasteiger partial charge is 0.351 e. The maximum atomic E-state index is 11.9. The SMILES string of the molecule is O=C(C=Cc1ccc(-c2cccc(Cl)c2)s1)NCCN1CCCS1(=O)=O. The Morgan fingerprint density at radius 1 is 1.31 bits per heavy atom. The van der Waals surface area contributed by atoms with Crippen LogP contribution in [0.15, 0.2) is 42.5 Å². The summed E-state index contributed by atoms with van der Waals surface area (Å²) in [6, 6.07) is 11.6. The van der Waals surface area contributed by atoms with Crippen LogP contribution in [0.4, 0.5) is 0 Å². The third-order valence-corrected chi connectivity index (χ3v) is 7.29. The van der Waals surface area contributed by atoms with Gasteiger partial charge in [0.05, 0.1) is 5.75 Å². The molecule has 0 atom stereocenters. The van der Waals surface area contributed by atoms with Crippen molar-refractivity contribution in [2.45, 2.75) is 6.42 Å². The van der Waals surface area contributed by atoms with Gasteiger partial charge in [-0.15, -0.1) is 11.3 Å². The molecule has 0 unspecified atom stereocenters. The number of amides is 1. The van der Waals surface area contributed by atoms with Crippen molar-refractivity contribution in [3.05, 3.63) is 52.4 Å². The van der Waals surface area contributed by atoms with Crippen LogP contribution in [0.1, 0.15) is 11.3 Å². The molecule has 138 valence electrons. The van der Waals surface area contributed by atoms with Crippen molar-refractivity contribution < 1.29 is 13.2 Å². The van der Waals surface area contributed by atoms with Crippen molar-refractivity contribution >= 4 is 44.9 Å². The molecule has 5 nitrogen and oxygen atoms in total. The summed E-state index contributed by atoms with van der Waals surface area (Å²) in [6.07, 6.45) is 3.87.